The van der Waals surface area contributed by atoms with E-state index in [1.54, 1.807) is 38.3 Å². The Labute approximate surface area is 181 Å². The maximum Gasteiger partial charge on any atom is 0.254 e. The van der Waals surface area contributed by atoms with E-state index in [2.05, 4.69) is 22.4 Å². The van der Waals surface area contributed by atoms with E-state index in [1.165, 1.54) is 16.2 Å². The molecule has 0 aliphatic rings. The van der Waals surface area contributed by atoms with Crippen LogP contribution in [0, 0.1) is 6.92 Å². The fraction of sp³-hybridized carbons (Fsp3) is 0.292. The van der Waals surface area contributed by atoms with Crippen LogP contribution in [0.5, 0.6) is 11.5 Å². The van der Waals surface area contributed by atoms with Crippen LogP contribution in [-0.4, -0.2) is 29.1 Å². The van der Waals surface area contributed by atoms with Gasteiger partial charge in [-0.25, -0.2) is 4.98 Å². The lowest BCUT2D eigenvalue weighted by Crippen LogP contribution is -2.35. The Morgan fingerprint density at radius 2 is 1.77 bits per heavy atom. The number of aromatic nitrogens is 2. The van der Waals surface area contributed by atoms with Crippen LogP contribution in [0.1, 0.15) is 23.5 Å². The summed E-state index contributed by atoms with van der Waals surface area (Å²) >= 11 is 0. The second-order valence-corrected chi connectivity index (χ2v) is 7.14. The number of rotatable bonds is 10. The molecule has 0 saturated carbocycles. The number of aryl methyl sites for hydroxylation is 2. The van der Waals surface area contributed by atoms with E-state index >= 15 is 0 Å². The van der Waals surface area contributed by atoms with Crippen molar-refractivity contribution in [3.8, 4) is 11.5 Å². The molecule has 1 aromatic heterocycles. The first-order chi connectivity index (χ1) is 15.0. The highest BCUT2D eigenvalue weighted by molar-refractivity contribution is 5.75. The first kappa shape index (κ1) is 22.1. The largest absolute Gasteiger partial charge is 0.497 e. The molecule has 3 aromatic rings. The van der Waals surface area contributed by atoms with Crippen molar-refractivity contribution in [2.24, 2.45) is 0 Å². The van der Waals surface area contributed by atoms with Gasteiger partial charge in [0.25, 0.3) is 5.56 Å². The Hall–Kier alpha value is -3.61. The van der Waals surface area contributed by atoms with E-state index in [0.717, 1.165) is 18.6 Å². The summed E-state index contributed by atoms with van der Waals surface area (Å²) in [4.78, 5) is 29.3. The van der Waals surface area contributed by atoms with Crippen molar-refractivity contribution in [3.05, 3.63) is 88.1 Å². The molecule has 1 amide bonds. The van der Waals surface area contributed by atoms with Crippen LogP contribution in [0.15, 0.2) is 65.5 Å². The number of methoxy groups -OCH3 is 1. The van der Waals surface area contributed by atoms with Crippen molar-refractivity contribution in [3.63, 3.8) is 0 Å². The Morgan fingerprint density at radius 3 is 2.48 bits per heavy atom. The van der Waals surface area contributed by atoms with Gasteiger partial charge in [0, 0.05) is 18.3 Å². The number of ether oxygens (including phenoxy) is 2. The Kier molecular flexibility index (Phi) is 7.81. The van der Waals surface area contributed by atoms with Crippen LogP contribution in [0.25, 0.3) is 0 Å². The smallest absolute Gasteiger partial charge is 0.254 e. The molecule has 0 fully saturated rings. The van der Waals surface area contributed by atoms with Crippen molar-refractivity contribution in [2.75, 3.05) is 13.7 Å². The number of carbonyl (C=O) groups is 1. The van der Waals surface area contributed by atoms with Crippen LogP contribution in [-0.2, 0) is 24.4 Å². The third-order valence-electron chi connectivity index (χ3n) is 4.75. The van der Waals surface area contributed by atoms with E-state index < -0.39 is 0 Å². The Bertz CT molecular complexity index is 1050. The average molecular weight is 421 g/mol. The zero-order valence-corrected chi connectivity index (χ0v) is 17.8. The molecule has 0 unspecified atom stereocenters. The Morgan fingerprint density at radius 1 is 1.06 bits per heavy atom. The van der Waals surface area contributed by atoms with Crippen LogP contribution >= 0.6 is 0 Å². The minimum absolute atomic E-state index is 0.0739. The number of amides is 1. The van der Waals surface area contributed by atoms with Gasteiger partial charge in [-0.15, -0.1) is 0 Å². The van der Waals surface area contributed by atoms with Crippen molar-refractivity contribution >= 4 is 5.91 Å². The van der Waals surface area contributed by atoms with E-state index in [0.29, 0.717) is 23.8 Å². The van der Waals surface area contributed by atoms with Gasteiger partial charge in [0.1, 0.15) is 30.5 Å². The highest BCUT2D eigenvalue weighted by Gasteiger charge is 2.12. The zero-order valence-electron chi connectivity index (χ0n) is 17.8. The lowest BCUT2D eigenvalue weighted by molar-refractivity contribution is -0.121. The minimum Gasteiger partial charge on any atom is -0.497 e. The monoisotopic (exact) mass is 421 g/mol. The van der Waals surface area contributed by atoms with Crippen LogP contribution < -0.4 is 20.3 Å². The molecule has 7 heteroatoms. The molecule has 31 heavy (non-hydrogen) atoms. The van der Waals surface area contributed by atoms with Gasteiger partial charge in [-0.1, -0.05) is 30.3 Å². The van der Waals surface area contributed by atoms with Gasteiger partial charge >= 0.3 is 0 Å². The summed E-state index contributed by atoms with van der Waals surface area (Å²) in [5.41, 5.74) is 1.53. The molecule has 0 bridgehead atoms. The highest BCUT2D eigenvalue weighted by Crippen LogP contribution is 2.17. The number of carbonyl (C=O) groups excluding carboxylic acids is 1. The number of benzene rings is 2. The van der Waals surface area contributed by atoms with Crippen molar-refractivity contribution < 1.29 is 14.3 Å². The number of nitrogens with one attached hydrogen (secondary N) is 1. The quantitative estimate of drug-likeness (QED) is 0.509. The molecule has 1 N–H and O–H groups in total. The maximum atomic E-state index is 12.5. The predicted octanol–water partition coefficient (Wildman–Crippen LogP) is 2.89. The molecule has 7 nitrogen and oxygen atoms in total. The topological polar surface area (TPSA) is 82.5 Å². The first-order valence-corrected chi connectivity index (χ1v) is 10.2. The third-order valence-corrected chi connectivity index (χ3v) is 4.75. The van der Waals surface area contributed by atoms with Crippen molar-refractivity contribution in [1.29, 1.82) is 0 Å². The first-order valence-electron chi connectivity index (χ1n) is 10.2. The molecule has 3 rings (SSSR count). The molecular weight excluding hydrogens is 394 g/mol. The van der Waals surface area contributed by atoms with Crippen molar-refractivity contribution in [1.82, 2.24) is 14.9 Å². The molecule has 0 atom stereocenters. The number of nitrogens with zero attached hydrogens (tertiary/aromatic N) is 2. The summed E-state index contributed by atoms with van der Waals surface area (Å²) in [7, 11) is 1.60. The van der Waals surface area contributed by atoms with Gasteiger partial charge in [0.05, 0.1) is 7.11 Å². The van der Waals surface area contributed by atoms with E-state index in [-0.39, 0.29) is 24.6 Å². The summed E-state index contributed by atoms with van der Waals surface area (Å²) in [6.07, 6.45) is 1.71. The van der Waals surface area contributed by atoms with E-state index in [1.807, 2.05) is 18.2 Å². The predicted molar refractivity (Wildman–Crippen MR) is 118 cm³/mol. The van der Waals surface area contributed by atoms with Crippen LogP contribution in [0.4, 0.5) is 0 Å². The molecule has 162 valence electrons. The number of hydrogen-bond donors (Lipinski definition) is 1. The molecule has 0 spiro atoms. The fourth-order valence-electron chi connectivity index (χ4n) is 3.14. The van der Waals surface area contributed by atoms with Gasteiger partial charge in [-0.3, -0.25) is 14.2 Å². The summed E-state index contributed by atoms with van der Waals surface area (Å²) in [6, 6.07) is 18.6. The second kappa shape index (κ2) is 11.0. The SMILES string of the molecule is COc1ccc(OCc2nc(C)cc(=O)n2CC(=O)NCCCc2ccccc2)cc1. The molecule has 2 aromatic carbocycles. The molecule has 0 radical (unpaired) electrons. The standard InChI is InChI=1S/C24H27N3O4/c1-18-15-24(29)27(16-23(28)25-14-6-9-19-7-4-3-5-8-19)22(26-18)17-31-21-12-10-20(30-2)11-13-21/h3-5,7-8,10-13,15H,6,9,14,16-17H2,1-2H3,(H,25,28). The van der Waals surface area contributed by atoms with Gasteiger partial charge in [0.2, 0.25) is 5.91 Å². The van der Waals surface area contributed by atoms with Crippen molar-refractivity contribution in [2.45, 2.75) is 32.9 Å². The van der Waals surface area contributed by atoms with Gasteiger partial charge in [-0.05, 0) is 49.6 Å². The molecule has 0 aliphatic carbocycles. The summed E-state index contributed by atoms with van der Waals surface area (Å²) < 4.78 is 12.2. The molecular formula is C24H27N3O4. The lowest BCUT2D eigenvalue weighted by atomic mass is 10.1. The molecule has 0 aliphatic heterocycles. The van der Waals surface area contributed by atoms with Gasteiger partial charge < -0.3 is 14.8 Å². The average Bonchev–Trinajstić information content (AvgIpc) is 2.78. The van der Waals surface area contributed by atoms with Crippen LogP contribution in [0.3, 0.4) is 0 Å². The minimum atomic E-state index is -0.278. The summed E-state index contributed by atoms with van der Waals surface area (Å²) in [6.45, 7) is 2.26. The summed E-state index contributed by atoms with van der Waals surface area (Å²) in [5.74, 6) is 1.52. The molecule has 0 saturated heterocycles. The van der Waals surface area contributed by atoms with E-state index in [4.69, 9.17) is 9.47 Å². The van der Waals surface area contributed by atoms with E-state index in [9.17, 15) is 9.59 Å². The van der Waals surface area contributed by atoms with Gasteiger partial charge in [-0.2, -0.15) is 0 Å². The highest BCUT2D eigenvalue weighted by atomic mass is 16.5. The Balaban J connectivity index is 1.57. The van der Waals surface area contributed by atoms with Crippen LogP contribution in [0.2, 0.25) is 0 Å². The lowest BCUT2D eigenvalue weighted by Gasteiger charge is -2.14. The number of hydrogen-bond acceptors (Lipinski definition) is 5. The molecule has 1 heterocycles. The van der Waals surface area contributed by atoms with Gasteiger partial charge in [0.15, 0.2) is 0 Å². The maximum absolute atomic E-state index is 12.5. The summed E-state index contributed by atoms with van der Waals surface area (Å²) in [5, 5.41) is 2.88. The fourth-order valence-corrected chi connectivity index (χ4v) is 3.14. The zero-order chi connectivity index (χ0) is 22.1. The second-order valence-electron chi connectivity index (χ2n) is 7.14. The normalized spacial score (nSPS) is 10.5. The third kappa shape index (κ3) is 6.70.